The van der Waals surface area contributed by atoms with Crippen molar-refractivity contribution in [2.75, 3.05) is 18.0 Å². The van der Waals surface area contributed by atoms with Crippen LogP contribution in [-0.2, 0) is 0 Å². The van der Waals surface area contributed by atoms with Crippen LogP contribution >= 0.6 is 0 Å². The molecule has 1 N–H and O–H groups in total. The lowest BCUT2D eigenvalue weighted by Crippen LogP contribution is -2.33. The lowest BCUT2D eigenvalue weighted by Gasteiger charge is -2.33. The standard InChI is InChI=1S/C19H23N5/c1-13(2)18-21-9-5-17(23-18)24-10-6-14(7-11-24)16-12-22-19-15(16)4-3-8-20-19/h3-5,8-9,12-14H,6-7,10-11H2,1-2H3,(H,20,22). The maximum Gasteiger partial charge on any atom is 0.137 e. The van der Waals surface area contributed by atoms with Crippen LogP contribution in [-0.4, -0.2) is 33.0 Å². The van der Waals surface area contributed by atoms with Crippen molar-refractivity contribution in [2.24, 2.45) is 0 Å². The first kappa shape index (κ1) is 15.1. The van der Waals surface area contributed by atoms with Gasteiger partial charge in [-0.2, -0.15) is 0 Å². The zero-order valence-electron chi connectivity index (χ0n) is 14.2. The number of anilines is 1. The van der Waals surface area contributed by atoms with Crippen LogP contribution in [0, 0.1) is 0 Å². The summed E-state index contributed by atoms with van der Waals surface area (Å²) in [6.07, 6.45) is 8.15. The molecular formula is C19H23N5. The van der Waals surface area contributed by atoms with Gasteiger partial charge in [-0.1, -0.05) is 13.8 Å². The molecule has 124 valence electrons. The second-order valence-electron chi connectivity index (χ2n) is 6.83. The average Bonchev–Trinajstić information content (AvgIpc) is 3.06. The fourth-order valence-electron chi connectivity index (χ4n) is 3.55. The van der Waals surface area contributed by atoms with Gasteiger partial charge >= 0.3 is 0 Å². The predicted molar refractivity (Wildman–Crippen MR) is 96.4 cm³/mol. The first-order chi connectivity index (χ1) is 11.7. The van der Waals surface area contributed by atoms with Crippen LogP contribution in [0.5, 0.6) is 0 Å². The fourth-order valence-corrected chi connectivity index (χ4v) is 3.55. The summed E-state index contributed by atoms with van der Waals surface area (Å²) in [7, 11) is 0. The third kappa shape index (κ3) is 2.75. The average molecular weight is 321 g/mol. The van der Waals surface area contributed by atoms with Gasteiger partial charge in [0, 0.05) is 43.0 Å². The lowest BCUT2D eigenvalue weighted by atomic mass is 9.89. The third-order valence-corrected chi connectivity index (χ3v) is 4.92. The SMILES string of the molecule is CC(C)c1nccc(N2CCC(c3c[nH]c4ncccc34)CC2)n1. The Morgan fingerprint density at radius 2 is 1.96 bits per heavy atom. The maximum atomic E-state index is 4.73. The van der Waals surface area contributed by atoms with Gasteiger partial charge in [0.25, 0.3) is 0 Å². The second-order valence-corrected chi connectivity index (χ2v) is 6.83. The highest BCUT2D eigenvalue weighted by Gasteiger charge is 2.24. The van der Waals surface area contributed by atoms with Crippen molar-refractivity contribution in [2.45, 2.75) is 38.5 Å². The van der Waals surface area contributed by atoms with E-state index in [9.17, 15) is 0 Å². The Bertz CT molecular complexity index is 830. The molecule has 0 amide bonds. The molecule has 4 rings (SSSR count). The number of rotatable bonds is 3. The second kappa shape index (κ2) is 6.23. The number of aromatic amines is 1. The molecule has 1 fully saturated rings. The molecule has 5 nitrogen and oxygen atoms in total. The number of fused-ring (bicyclic) bond motifs is 1. The smallest absolute Gasteiger partial charge is 0.137 e. The minimum atomic E-state index is 0.362. The van der Waals surface area contributed by atoms with Crippen molar-refractivity contribution in [1.82, 2.24) is 19.9 Å². The molecule has 1 aliphatic heterocycles. The quantitative estimate of drug-likeness (QED) is 0.796. The summed E-state index contributed by atoms with van der Waals surface area (Å²) < 4.78 is 0. The maximum absolute atomic E-state index is 4.73. The van der Waals surface area contributed by atoms with Gasteiger partial charge in [-0.3, -0.25) is 0 Å². The van der Waals surface area contributed by atoms with Gasteiger partial charge in [-0.25, -0.2) is 15.0 Å². The zero-order valence-corrected chi connectivity index (χ0v) is 14.2. The molecular weight excluding hydrogens is 298 g/mol. The molecule has 1 saturated heterocycles. The first-order valence-electron chi connectivity index (χ1n) is 8.72. The number of pyridine rings is 1. The molecule has 0 aliphatic carbocycles. The van der Waals surface area contributed by atoms with Crippen LogP contribution < -0.4 is 4.90 Å². The van der Waals surface area contributed by atoms with E-state index in [1.54, 1.807) is 0 Å². The molecule has 0 unspecified atom stereocenters. The minimum Gasteiger partial charge on any atom is -0.356 e. The number of hydrogen-bond donors (Lipinski definition) is 1. The summed E-state index contributed by atoms with van der Waals surface area (Å²) in [4.78, 5) is 19.2. The van der Waals surface area contributed by atoms with Crippen molar-refractivity contribution in [1.29, 1.82) is 0 Å². The summed E-state index contributed by atoms with van der Waals surface area (Å²) in [6.45, 7) is 6.34. The highest BCUT2D eigenvalue weighted by Crippen LogP contribution is 2.33. The minimum absolute atomic E-state index is 0.362. The molecule has 24 heavy (non-hydrogen) atoms. The molecule has 0 saturated carbocycles. The van der Waals surface area contributed by atoms with Gasteiger partial charge in [-0.05, 0) is 42.5 Å². The number of hydrogen-bond acceptors (Lipinski definition) is 4. The van der Waals surface area contributed by atoms with Gasteiger partial charge in [0.2, 0.25) is 0 Å². The van der Waals surface area contributed by atoms with Crippen molar-refractivity contribution in [3.8, 4) is 0 Å². The van der Waals surface area contributed by atoms with E-state index in [2.05, 4.69) is 46.0 Å². The Balaban J connectivity index is 1.50. The van der Waals surface area contributed by atoms with Gasteiger partial charge < -0.3 is 9.88 Å². The van der Waals surface area contributed by atoms with Gasteiger partial charge in [0.1, 0.15) is 17.3 Å². The third-order valence-electron chi connectivity index (χ3n) is 4.92. The zero-order chi connectivity index (χ0) is 16.5. The van der Waals surface area contributed by atoms with Crippen LogP contribution in [0.2, 0.25) is 0 Å². The number of H-pyrrole nitrogens is 1. The Kier molecular flexibility index (Phi) is 3.92. The number of nitrogens with zero attached hydrogens (tertiary/aromatic N) is 4. The van der Waals surface area contributed by atoms with Crippen molar-refractivity contribution in [3.63, 3.8) is 0 Å². The topological polar surface area (TPSA) is 57.7 Å². The van der Waals surface area contributed by atoms with Gasteiger partial charge in [0.05, 0.1) is 0 Å². The van der Waals surface area contributed by atoms with E-state index in [4.69, 9.17) is 4.98 Å². The summed E-state index contributed by atoms with van der Waals surface area (Å²) in [5.74, 6) is 2.94. The van der Waals surface area contributed by atoms with Crippen LogP contribution in [0.15, 0.2) is 36.8 Å². The number of nitrogens with one attached hydrogen (secondary N) is 1. The Labute approximate surface area is 142 Å². The molecule has 3 aromatic rings. The van der Waals surface area contributed by atoms with E-state index in [1.807, 2.05) is 24.5 Å². The molecule has 0 bridgehead atoms. The van der Waals surface area contributed by atoms with E-state index in [-0.39, 0.29) is 0 Å². The van der Waals surface area contributed by atoms with E-state index >= 15 is 0 Å². The summed E-state index contributed by atoms with van der Waals surface area (Å²) in [5.41, 5.74) is 2.40. The number of aromatic nitrogens is 4. The normalized spacial score (nSPS) is 16.2. The molecule has 0 radical (unpaired) electrons. The number of piperidine rings is 1. The summed E-state index contributed by atoms with van der Waals surface area (Å²) in [5, 5.41) is 1.26. The summed E-state index contributed by atoms with van der Waals surface area (Å²) >= 11 is 0. The van der Waals surface area contributed by atoms with Crippen molar-refractivity contribution < 1.29 is 0 Å². The van der Waals surface area contributed by atoms with Crippen LogP contribution in [0.4, 0.5) is 5.82 Å². The molecule has 4 heterocycles. The fraction of sp³-hybridized carbons (Fsp3) is 0.421. The lowest BCUT2D eigenvalue weighted by molar-refractivity contribution is 0.504. The first-order valence-corrected chi connectivity index (χ1v) is 8.72. The Morgan fingerprint density at radius 3 is 2.75 bits per heavy atom. The molecule has 0 aromatic carbocycles. The largest absolute Gasteiger partial charge is 0.356 e. The van der Waals surface area contributed by atoms with Crippen molar-refractivity contribution in [3.05, 3.63) is 48.2 Å². The van der Waals surface area contributed by atoms with E-state index in [1.165, 1.54) is 10.9 Å². The van der Waals surface area contributed by atoms with Crippen molar-refractivity contribution >= 4 is 16.9 Å². The van der Waals surface area contributed by atoms with E-state index < -0.39 is 0 Å². The Hall–Kier alpha value is -2.43. The van der Waals surface area contributed by atoms with E-state index in [0.717, 1.165) is 43.2 Å². The van der Waals surface area contributed by atoms with Crippen LogP contribution in [0.1, 0.15) is 49.9 Å². The molecule has 0 atom stereocenters. The predicted octanol–water partition coefficient (Wildman–Crippen LogP) is 3.86. The molecule has 0 spiro atoms. The monoisotopic (exact) mass is 321 g/mol. The molecule has 5 heteroatoms. The summed E-state index contributed by atoms with van der Waals surface area (Å²) in [6, 6.07) is 6.21. The highest BCUT2D eigenvalue weighted by molar-refractivity contribution is 5.80. The molecule has 3 aromatic heterocycles. The van der Waals surface area contributed by atoms with Gasteiger partial charge in [0.15, 0.2) is 0 Å². The Morgan fingerprint density at radius 1 is 1.12 bits per heavy atom. The van der Waals surface area contributed by atoms with Crippen LogP contribution in [0.3, 0.4) is 0 Å². The van der Waals surface area contributed by atoms with Gasteiger partial charge in [-0.15, -0.1) is 0 Å². The molecule has 1 aliphatic rings. The van der Waals surface area contributed by atoms with E-state index in [0.29, 0.717) is 11.8 Å². The van der Waals surface area contributed by atoms with Crippen LogP contribution in [0.25, 0.3) is 11.0 Å². The highest BCUT2D eigenvalue weighted by atomic mass is 15.2.